The molecule has 1 aromatic heterocycles. The Hall–Kier alpha value is -1.03. The molecule has 5 heteroatoms. The quantitative estimate of drug-likeness (QED) is 0.501. The van der Waals surface area contributed by atoms with Crippen LogP contribution >= 0.6 is 11.6 Å². The molecule has 0 N–H and O–H groups in total. The van der Waals surface area contributed by atoms with Crippen LogP contribution in [-0.2, 0) is 0 Å². The molecule has 0 spiro atoms. The molecular formula is C6H4ClFN2O. The Morgan fingerprint density at radius 3 is 2.55 bits per heavy atom. The first-order valence-corrected chi connectivity index (χ1v) is 3.18. The second-order valence-corrected chi connectivity index (χ2v) is 2.14. The number of Topliss-reactive ketones (excluding diaryl/α,β-unsaturated/α-hetero) is 1. The first-order valence-electron chi connectivity index (χ1n) is 2.80. The summed E-state index contributed by atoms with van der Waals surface area (Å²) in [4.78, 5) is 17.7. The summed E-state index contributed by atoms with van der Waals surface area (Å²) >= 11 is 5.33. The van der Waals surface area contributed by atoms with Crippen LogP contribution in [0.25, 0.3) is 0 Å². The lowest BCUT2D eigenvalue weighted by atomic mass is 10.2. The number of ketones is 1. The summed E-state index contributed by atoms with van der Waals surface area (Å²) in [6.07, 6.45) is 2.38. The number of carbonyl (C=O) groups is 1. The van der Waals surface area contributed by atoms with Crippen molar-refractivity contribution in [1.29, 1.82) is 0 Å². The van der Waals surface area contributed by atoms with Gasteiger partial charge in [-0.3, -0.25) is 4.79 Å². The summed E-state index contributed by atoms with van der Waals surface area (Å²) in [7, 11) is 0. The summed E-state index contributed by atoms with van der Waals surface area (Å²) in [6, 6.07) is 0. The minimum Gasteiger partial charge on any atom is -0.291 e. The van der Waals surface area contributed by atoms with Crippen LogP contribution in [-0.4, -0.2) is 22.4 Å². The summed E-state index contributed by atoms with van der Waals surface area (Å²) in [5.41, 5.74) is 0.136. The van der Waals surface area contributed by atoms with Gasteiger partial charge in [0, 0.05) is 12.4 Å². The van der Waals surface area contributed by atoms with Gasteiger partial charge in [0.15, 0.2) is 12.5 Å². The van der Waals surface area contributed by atoms with Gasteiger partial charge in [-0.25, -0.2) is 14.4 Å². The van der Waals surface area contributed by atoms with Crippen LogP contribution in [0.4, 0.5) is 4.39 Å². The highest BCUT2D eigenvalue weighted by atomic mass is 35.5. The van der Waals surface area contributed by atoms with E-state index in [0.717, 1.165) is 0 Å². The molecule has 1 aromatic rings. The van der Waals surface area contributed by atoms with Crippen LogP contribution in [0.15, 0.2) is 12.4 Å². The fraction of sp³-hybridized carbons (Fsp3) is 0.167. The van der Waals surface area contributed by atoms with Gasteiger partial charge < -0.3 is 0 Å². The SMILES string of the molecule is O=C(CF)c1cnc(Cl)nc1. The molecular weight excluding hydrogens is 171 g/mol. The molecule has 0 aromatic carbocycles. The lowest BCUT2D eigenvalue weighted by Crippen LogP contribution is -2.02. The molecule has 0 aliphatic carbocycles. The van der Waals surface area contributed by atoms with Crippen molar-refractivity contribution in [3.63, 3.8) is 0 Å². The van der Waals surface area contributed by atoms with Gasteiger partial charge in [0.25, 0.3) is 0 Å². The Kier molecular flexibility index (Phi) is 2.48. The molecule has 0 aliphatic rings. The second-order valence-electron chi connectivity index (χ2n) is 1.80. The molecule has 0 atom stereocenters. The van der Waals surface area contributed by atoms with Crippen LogP contribution in [0, 0.1) is 0 Å². The summed E-state index contributed by atoms with van der Waals surface area (Å²) < 4.78 is 11.7. The van der Waals surface area contributed by atoms with E-state index in [0.29, 0.717) is 0 Å². The Morgan fingerprint density at radius 1 is 1.55 bits per heavy atom. The molecule has 11 heavy (non-hydrogen) atoms. The lowest BCUT2D eigenvalue weighted by Gasteiger charge is -1.92. The largest absolute Gasteiger partial charge is 0.291 e. The van der Waals surface area contributed by atoms with Gasteiger partial charge >= 0.3 is 0 Å². The summed E-state index contributed by atoms with van der Waals surface area (Å²) in [5.74, 6) is -0.637. The first kappa shape index (κ1) is 8.07. The van der Waals surface area contributed by atoms with E-state index in [1.54, 1.807) is 0 Å². The number of carbonyl (C=O) groups excluding carboxylic acids is 1. The Labute approximate surface area is 67.2 Å². The van der Waals surface area contributed by atoms with E-state index in [4.69, 9.17) is 11.6 Å². The van der Waals surface area contributed by atoms with E-state index in [1.165, 1.54) is 12.4 Å². The zero-order valence-corrected chi connectivity index (χ0v) is 6.18. The van der Waals surface area contributed by atoms with Crippen molar-refractivity contribution in [2.24, 2.45) is 0 Å². The van der Waals surface area contributed by atoms with Crippen LogP contribution in [0.1, 0.15) is 10.4 Å². The molecule has 0 aliphatic heterocycles. The predicted molar refractivity (Wildman–Crippen MR) is 37.3 cm³/mol. The average Bonchev–Trinajstić information content (AvgIpc) is 2.05. The van der Waals surface area contributed by atoms with Crippen LogP contribution in [0.5, 0.6) is 0 Å². The van der Waals surface area contributed by atoms with Gasteiger partial charge in [0.1, 0.15) is 0 Å². The topological polar surface area (TPSA) is 42.9 Å². The maximum atomic E-state index is 11.7. The van der Waals surface area contributed by atoms with Gasteiger partial charge in [0.2, 0.25) is 5.28 Å². The Morgan fingerprint density at radius 2 is 2.09 bits per heavy atom. The highest BCUT2D eigenvalue weighted by molar-refractivity contribution is 6.28. The van der Waals surface area contributed by atoms with Crippen molar-refractivity contribution >= 4 is 17.4 Å². The van der Waals surface area contributed by atoms with E-state index in [1.807, 2.05) is 0 Å². The number of halogens is 2. The van der Waals surface area contributed by atoms with E-state index < -0.39 is 12.5 Å². The van der Waals surface area contributed by atoms with Crippen molar-refractivity contribution < 1.29 is 9.18 Å². The maximum absolute atomic E-state index is 11.7. The number of hydrogen-bond donors (Lipinski definition) is 0. The molecule has 0 fully saturated rings. The van der Waals surface area contributed by atoms with Gasteiger partial charge in [-0.15, -0.1) is 0 Å². The fourth-order valence-corrected chi connectivity index (χ4v) is 0.631. The fourth-order valence-electron chi connectivity index (χ4n) is 0.533. The molecule has 0 saturated carbocycles. The van der Waals surface area contributed by atoms with Crippen molar-refractivity contribution in [3.8, 4) is 0 Å². The van der Waals surface area contributed by atoms with E-state index in [-0.39, 0.29) is 10.8 Å². The smallest absolute Gasteiger partial charge is 0.222 e. The number of nitrogens with zero attached hydrogens (tertiary/aromatic N) is 2. The number of rotatable bonds is 2. The summed E-state index contributed by atoms with van der Waals surface area (Å²) in [6.45, 7) is -1.04. The van der Waals surface area contributed by atoms with Crippen LogP contribution < -0.4 is 0 Å². The minimum absolute atomic E-state index is 0.0420. The Balaban J connectivity index is 2.90. The number of hydrogen-bond acceptors (Lipinski definition) is 3. The molecule has 0 unspecified atom stereocenters. The number of aromatic nitrogens is 2. The van der Waals surface area contributed by atoms with E-state index >= 15 is 0 Å². The average molecular weight is 175 g/mol. The predicted octanol–water partition coefficient (Wildman–Crippen LogP) is 1.28. The molecule has 0 saturated heterocycles. The molecule has 3 nitrogen and oxygen atoms in total. The molecule has 0 radical (unpaired) electrons. The van der Waals surface area contributed by atoms with Crippen molar-refractivity contribution in [2.45, 2.75) is 0 Å². The van der Waals surface area contributed by atoms with Gasteiger partial charge in [-0.2, -0.15) is 0 Å². The van der Waals surface area contributed by atoms with Crippen LogP contribution in [0.3, 0.4) is 0 Å². The highest BCUT2D eigenvalue weighted by Crippen LogP contribution is 2.01. The van der Waals surface area contributed by atoms with E-state index in [9.17, 15) is 9.18 Å². The van der Waals surface area contributed by atoms with Crippen molar-refractivity contribution in [1.82, 2.24) is 9.97 Å². The standard InChI is InChI=1S/C6H4ClFN2O/c7-6-9-2-4(3-10-6)5(11)1-8/h2-3H,1H2. The first-order chi connectivity index (χ1) is 5.24. The third kappa shape index (κ3) is 1.94. The third-order valence-corrected chi connectivity index (χ3v) is 1.26. The van der Waals surface area contributed by atoms with Crippen molar-refractivity contribution in [3.05, 3.63) is 23.2 Å². The van der Waals surface area contributed by atoms with E-state index in [2.05, 4.69) is 9.97 Å². The molecule has 0 amide bonds. The zero-order chi connectivity index (χ0) is 8.27. The Bertz CT molecular complexity index is 262. The minimum atomic E-state index is -1.04. The molecule has 1 rings (SSSR count). The zero-order valence-electron chi connectivity index (χ0n) is 5.42. The lowest BCUT2D eigenvalue weighted by molar-refractivity contribution is 0.0958. The number of alkyl halides is 1. The van der Waals surface area contributed by atoms with Crippen LogP contribution in [0.2, 0.25) is 5.28 Å². The molecule has 1 heterocycles. The molecule has 58 valence electrons. The molecule has 0 bridgehead atoms. The third-order valence-electron chi connectivity index (χ3n) is 1.06. The second kappa shape index (κ2) is 3.39. The highest BCUT2D eigenvalue weighted by Gasteiger charge is 2.04. The monoisotopic (exact) mass is 174 g/mol. The normalized spacial score (nSPS) is 9.64. The van der Waals surface area contributed by atoms with Crippen molar-refractivity contribution in [2.75, 3.05) is 6.67 Å². The summed E-state index contributed by atoms with van der Waals surface area (Å²) in [5, 5.41) is 0.0420. The van der Waals surface area contributed by atoms with Gasteiger partial charge in [0.05, 0.1) is 5.56 Å². The maximum Gasteiger partial charge on any atom is 0.222 e. The van der Waals surface area contributed by atoms with Gasteiger partial charge in [-0.1, -0.05) is 0 Å². The van der Waals surface area contributed by atoms with Gasteiger partial charge in [-0.05, 0) is 11.6 Å².